The number of ether oxygens (including phenoxy) is 1. The molecule has 5 heteroatoms. The summed E-state index contributed by atoms with van der Waals surface area (Å²) in [6, 6.07) is 13.4. The fraction of sp³-hybridized carbons (Fsp3) is 0.400. The van der Waals surface area contributed by atoms with Crippen molar-refractivity contribution in [1.82, 2.24) is 10.3 Å². The number of benzene rings is 1. The largest absolute Gasteiger partial charge is 0.487 e. The summed E-state index contributed by atoms with van der Waals surface area (Å²) in [4.78, 5) is 16.7. The number of carbonyl (C=O) groups excluding carboxylic acids is 1. The third-order valence-electron chi connectivity index (χ3n) is 4.77. The second-order valence-corrected chi connectivity index (χ2v) is 6.74. The Kier molecular flexibility index (Phi) is 5.34. The summed E-state index contributed by atoms with van der Waals surface area (Å²) in [5.41, 5.74) is 7.39. The molecule has 0 saturated heterocycles. The van der Waals surface area contributed by atoms with E-state index in [1.165, 1.54) is 0 Å². The Balaban J connectivity index is 1.61. The Labute approximate surface area is 148 Å². The molecule has 1 fully saturated rings. The highest BCUT2D eigenvalue weighted by Crippen LogP contribution is 2.28. The molecular formula is C20H25N3O2. The van der Waals surface area contributed by atoms with Crippen molar-refractivity contribution in [3.63, 3.8) is 0 Å². The summed E-state index contributed by atoms with van der Waals surface area (Å²) in [6.07, 6.45) is 5.32. The first kappa shape index (κ1) is 17.4. The van der Waals surface area contributed by atoms with Crippen LogP contribution in [-0.2, 0) is 11.4 Å². The molecule has 1 aromatic heterocycles. The number of nitrogens with zero attached hydrogens (tertiary/aromatic N) is 1. The lowest BCUT2D eigenvalue weighted by Gasteiger charge is -2.25. The molecule has 132 valence electrons. The second-order valence-electron chi connectivity index (χ2n) is 6.74. The zero-order valence-electron chi connectivity index (χ0n) is 14.6. The lowest BCUT2D eigenvalue weighted by Crippen LogP contribution is -2.52. The maximum absolute atomic E-state index is 12.5. The highest BCUT2D eigenvalue weighted by atomic mass is 16.5. The highest BCUT2D eigenvalue weighted by molar-refractivity contribution is 5.86. The van der Waals surface area contributed by atoms with Gasteiger partial charge in [0.2, 0.25) is 5.91 Å². The van der Waals surface area contributed by atoms with Gasteiger partial charge in [-0.1, -0.05) is 31.0 Å². The van der Waals surface area contributed by atoms with E-state index >= 15 is 0 Å². The summed E-state index contributed by atoms with van der Waals surface area (Å²) in [5.74, 6) is 0.699. The number of carbonyl (C=O) groups is 1. The standard InChI is InChI=1S/C20H25N3O2/c1-15(23-19(24)20(21)10-3-4-11-20)16-7-6-9-18(13-16)25-14-17-8-2-5-12-22-17/h2,5-9,12-13,15H,3-4,10-11,14,21H2,1H3,(H,23,24). The number of nitrogens with one attached hydrogen (secondary N) is 1. The van der Waals surface area contributed by atoms with Crippen LogP contribution in [0.3, 0.4) is 0 Å². The molecule has 0 aliphatic heterocycles. The number of hydrogen-bond donors (Lipinski definition) is 2. The van der Waals surface area contributed by atoms with Crippen molar-refractivity contribution >= 4 is 5.91 Å². The minimum absolute atomic E-state index is 0.0580. The average molecular weight is 339 g/mol. The van der Waals surface area contributed by atoms with Gasteiger partial charge in [0.05, 0.1) is 17.3 Å². The summed E-state index contributed by atoms with van der Waals surface area (Å²) < 4.78 is 5.81. The molecule has 5 nitrogen and oxygen atoms in total. The lowest BCUT2D eigenvalue weighted by atomic mass is 9.97. The summed E-state index contributed by atoms with van der Waals surface area (Å²) in [5, 5.41) is 3.05. The first-order chi connectivity index (χ1) is 12.1. The number of nitrogens with two attached hydrogens (primary N) is 1. The predicted octanol–water partition coefficient (Wildman–Crippen LogP) is 3.11. The second kappa shape index (κ2) is 7.66. The molecule has 1 unspecified atom stereocenters. The van der Waals surface area contributed by atoms with Crippen molar-refractivity contribution in [2.45, 2.75) is 50.8 Å². The fourth-order valence-corrected chi connectivity index (χ4v) is 3.17. The van der Waals surface area contributed by atoms with Crippen molar-refractivity contribution in [2.75, 3.05) is 0 Å². The zero-order chi connectivity index (χ0) is 17.7. The smallest absolute Gasteiger partial charge is 0.240 e. The van der Waals surface area contributed by atoms with Gasteiger partial charge in [-0.15, -0.1) is 0 Å². The summed E-state index contributed by atoms with van der Waals surface area (Å²) in [6.45, 7) is 2.38. The molecule has 1 amide bonds. The normalized spacial score (nSPS) is 17.0. The lowest BCUT2D eigenvalue weighted by molar-refractivity contribution is -0.126. The maximum Gasteiger partial charge on any atom is 0.240 e. The van der Waals surface area contributed by atoms with E-state index in [-0.39, 0.29) is 11.9 Å². The van der Waals surface area contributed by atoms with E-state index < -0.39 is 5.54 Å². The van der Waals surface area contributed by atoms with E-state index in [0.29, 0.717) is 6.61 Å². The minimum Gasteiger partial charge on any atom is -0.487 e. The average Bonchev–Trinajstić information content (AvgIpc) is 3.09. The van der Waals surface area contributed by atoms with Gasteiger partial charge in [0.15, 0.2) is 0 Å². The molecule has 3 rings (SSSR count). The van der Waals surface area contributed by atoms with Crippen LogP contribution in [-0.4, -0.2) is 16.4 Å². The van der Waals surface area contributed by atoms with Crippen LogP contribution in [0.5, 0.6) is 5.75 Å². The van der Waals surface area contributed by atoms with E-state index in [0.717, 1.165) is 42.7 Å². The van der Waals surface area contributed by atoms with Crippen LogP contribution in [0, 0.1) is 0 Å². The number of amides is 1. The van der Waals surface area contributed by atoms with Gasteiger partial charge in [-0.05, 0) is 49.6 Å². The Morgan fingerprint density at radius 3 is 2.80 bits per heavy atom. The van der Waals surface area contributed by atoms with Gasteiger partial charge in [0.25, 0.3) is 0 Å². The van der Waals surface area contributed by atoms with Crippen LogP contribution < -0.4 is 15.8 Å². The predicted molar refractivity (Wildman–Crippen MR) is 97.0 cm³/mol. The molecule has 1 aliphatic rings. The number of pyridine rings is 1. The molecule has 0 spiro atoms. The van der Waals surface area contributed by atoms with Gasteiger partial charge in [0, 0.05) is 6.20 Å². The Morgan fingerprint density at radius 1 is 1.28 bits per heavy atom. The molecule has 1 aliphatic carbocycles. The minimum atomic E-state index is -0.707. The quantitative estimate of drug-likeness (QED) is 0.848. The molecule has 3 N–H and O–H groups in total. The van der Waals surface area contributed by atoms with E-state index in [1.54, 1.807) is 6.20 Å². The number of rotatable bonds is 6. The van der Waals surface area contributed by atoms with Crippen molar-refractivity contribution in [3.8, 4) is 5.75 Å². The van der Waals surface area contributed by atoms with Gasteiger partial charge < -0.3 is 15.8 Å². The molecule has 2 aromatic rings. The van der Waals surface area contributed by atoms with Gasteiger partial charge in [-0.25, -0.2) is 0 Å². The molecule has 25 heavy (non-hydrogen) atoms. The van der Waals surface area contributed by atoms with Crippen molar-refractivity contribution in [1.29, 1.82) is 0 Å². The van der Waals surface area contributed by atoms with Crippen LogP contribution >= 0.6 is 0 Å². The maximum atomic E-state index is 12.5. The first-order valence-electron chi connectivity index (χ1n) is 8.79. The van der Waals surface area contributed by atoms with E-state index in [9.17, 15) is 4.79 Å². The molecule has 0 radical (unpaired) electrons. The van der Waals surface area contributed by atoms with Crippen LogP contribution in [0.25, 0.3) is 0 Å². The van der Waals surface area contributed by atoms with Gasteiger partial charge in [-0.3, -0.25) is 9.78 Å². The molecular weight excluding hydrogens is 314 g/mol. The Bertz CT molecular complexity index is 712. The molecule has 1 heterocycles. The van der Waals surface area contributed by atoms with E-state index in [4.69, 9.17) is 10.5 Å². The van der Waals surface area contributed by atoms with Gasteiger partial charge in [0.1, 0.15) is 12.4 Å². The Hall–Kier alpha value is -2.40. The third kappa shape index (κ3) is 4.37. The van der Waals surface area contributed by atoms with E-state index in [1.807, 2.05) is 49.4 Å². The third-order valence-corrected chi connectivity index (χ3v) is 4.77. The fourth-order valence-electron chi connectivity index (χ4n) is 3.17. The van der Waals surface area contributed by atoms with Crippen molar-refractivity contribution < 1.29 is 9.53 Å². The SMILES string of the molecule is CC(NC(=O)C1(N)CCCC1)c1cccc(OCc2ccccn2)c1. The summed E-state index contributed by atoms with van der Waals surface area (Å²) in [7, 11) is 0. The molecule has 0 bridgehead atoms. The van der Waals surface area contributed by atoms with E-state index in [2.05, 4.69) is 10.3 Å². The van der Waals surface area contributed by atoms with Crippen LogP contribution in [0.15, 0.2) is 48.7 Å². The number of hydrogen-bond acceptors (Lipinski definition) is 4. The van der Waals surface area contributed by atoms with Crippen molar-refractivity contribution in [2.24, 2.45) is 5.73 Å². The topological polar surface area (TPSA) is 77.2 Å². The molecule has 1 saturated carbocycles. The molecule has 1 atom stereocenters. The summed E-state index contributed by atoms with van der Waals surface area (Å²) >= 11 is 0. The van der Waals surface area contributed by atoms with Crippen LogP contribution in [0.1, 0.15) is 49.9 Å². The zero-order valence-corrected chi connectivity index (χ0v) is 14.6. The Morgan fingerprint density at radius 2 is 2.08 bits per heavy atom. The van der Waals surface area contributed by atoms with Gasteiger partial charge >= 0.3 is 0 Å². The van der Waals surface area contributed by atoms with Crippen LogP contribution in [0.2, 0.25) is 0 Å². The highest BCUT2D eigenvalue weighted by Gasteiger charge is 2.37. The van der Waals surface area contributed by atoms with Gasteiger partial charge in [-0.2, -0.15) is 0 Å². The monoisotopic (exact) mass is 339 g/mol. The van der Waals surface area contributed by atoms with Crippen molar-refractivity contribution in [3.05, 3.63) is 59.9 Å². The van der Waals surface area contributed by atoms with Crippen LogP contribution in [0.4, 0.5) is 0 Å². The first-order valence-corrected chi connectivity index (χ1v) is 8.79. The molecule has 1 aromatic carbocycles. The number of aromatic nitrogens is 1.